The number of nitrogens with one attached hydrogen (secondary N) is 1. The standard InChI is InChI=1S/C37H40F2N6O5S2.C24H29BrFN3O3S/c1-8-51-33-42-29(23-17-9-10-18(23)14-45(13-17)35(47)50-37(5,6)7)25-21-16-48-15-20(21)24(27(39)30(25)43-33)28-26-19(11-40)32(44-34(46)49-36(2,3)4)52-31(26)22(38)12-41-28;1-5-33-22-27-20(17-14-10-31-11-15(14)18(25)19(26)21(17)28-22)16-12-6-7-13(16)9-29(8-12)23(30)32-24(2,3)4/h12,17-18,23H,8-10,13-16H2,1-7H3,(H,44,46);12-13,16H,5-11H2,1-4H3. The Morgan fingerprint density at radius 3 is 1.59 bits per heavy atom. The van der Waals surface area contributed by atoms with Crippen LogP contribution in [-0.4, -0.2) is 107 Å². The Balaban J connectivity index is 0.000000195. The average molecular weight is 1290 g/mol. The number of ether oxygens (including phenoxy) is 5. The van der Waals surface area contributed by atoms with Crippen LogP contribution in [0.3, 0.4) is 0 Å². The van der Waals surface area contributed by atoms with E-state index in [1.54, 1.807) is 25.7 Å². The van der Waals surface area contributed by atoms with Crippen molar-refractivity contribution < 1.29 is 51.2 Å². The quantitative estimate of drug-likeness (QED) is 0.0855. The zero-order valence-electron chi connectivity index (χ0n) is 49.5. The smallest absolute Gasteiger partial charge is 0.412 e. The summed E-state index contributed by atoms with van der Waals surface area (Å²) in [4.78, 5) is 66.1. The fourth-order valence-electron chi connectivity index (χ4n) is 13.3. The summed E-state index contributed by atoms with van der Waals surface area (Å²) in [5.41, 5.74) is 3.39. The maximum Gasteiger partial charge on any atom is 0.412 e. The maximum absolute atomic E-state index is 17.5. The van der Waals surface area contributed by atoms with E-state index in [1.807, 2.05) is 60.3 Å². The van der Waals surface area contributed by atoms with Gasteiger partial charge in [-0.2, -0.15) is 5.26 Å². The molecule has 6 aromatic rings. The molecule has 3 amide bonds. The number of hydrogen-bond acceptors (Lipinski definition) is 17. The summed E-state index contributed by atoms with van der Waals surface area (Å²) >= 11 is 7.23. The summed E-state index contributed by atoms with van der Waals surface area (Å²) in [7, 11) is 0. The van der Waals surface area contributed by atoms with Gasteiger partial charge >= 0.3 is 18.3 Å². The number of pyridine rings is 1. The molecule has 4 bridgehead atoms. The topological polar surface area (TPSA) is 204 Å². The molecule has 0 radical (unpaired) electrons. The number of carbonyl (C=O) groups is 3. The molecule has 2 aliphatic carbocycles. The van der Waals surface area contributed by atoms with Gasteiger partial charge in [0.15, 0.2) is 27.8 Å². The number of thioether (sulfide) groups is 2. The largest absolute Gasteiger partial charge is 0.444 e. The minimum Gasteiger partial charge on any atom is -0.444 e. The van der Waals surface area contributed by atoms with E-state index in [1.165, 1.54) is 23.5 Å². The third-order valence-corrected chi connectivity index (χ3v) is 19.7. The van der Waals surface area contributed by atoms with Gasteiger partial charge in [0.25, 0.3) is 0 Å². The Labute approximate surface area is 512 Å². The summed E-state index contributed by atoms with van der Waals surface area (Å²) in [5, 5.41) is 15.5. The first-order valence-electron chi connectivity index (χ1n) is 28.9. The molecule has 6 aliphatic rings. The summed E-state index contributed by atoms with van der Waals surface area (Å²) in [6.07, 6.45) is 3.42. The van der Waals surface area contributed by atoms with Crippen molar-refractivity contribution >= 4 is 106 Å². The first-order valence-corrected chi connectivity index (χ1v) is 32.5. The molecule has 1 N–H and O–H groups in total. The minimum absolute atomic E-state index is 0.0405. The Bertz CT molecular complexity index is 3720. The number of aromatic nitrogens is 5. The van der Waals surface area contributed by atoms with Crippen LogP contribution in [0.5, 0.6) is 0 Å². The third-order valence-electron chi connectivity index (χ3n) is 16.3. The van der Waals surface area contributed by atoms with Crippen LogP contribution in [0.25, 0.3) is 43.1 Å². The van der Waals surface area contributed by atoms with Crippen molar-refractivity contribution in [2.45, 2.75) is 167 Å². The summed E-state index contributed by atoms with van der Waals surface area (Å²) in [5.74, 6) is 0.557. The van der Waals surface area contributed by atoms with Crippen molar-refractivity contribution in [2.24, 2.45) is 23.7 Å². The fraction of sp³-hybridized carbons (Fsp3) is 0.557. The highest BCUT2D eigenvalue weighted by atomic mass is 79.9. The number of thiophene rings is 1. The van der Waals surface area contributed by atoms with Crippen molar-refractivity contribution in [3.8, 4) is 17.3 Å². The highest BCUT2D eigenvalue weighted by Gasteiger charge is 2.49. The van der Waals surface area contributed by atoms with Gasteiger partial charge < -0.3 is 33.5 Å². The van der Waals surface area contributed by atoms with Crippen LogP contribution in [-0.2, 0) is 50.1 Å². The molecular weight excluding hydrogens is 1220 g/mol. The highest BCUT2D eigenvalue weighted by molar-refractivity contribution is 9.10. The summed E-state index contributed by atoms with van der Waals surface area (Å²) in [6, 6.07) is 2.08. The lowest BCUT2D eigenvalue weighted by Crippen LogP contribution is -2.46. The van der Waals surface area contributed by atoms with Gasteiger partial charge in [-0.15, -0.1) is 11.3 Å². The molecule has 0 spiro atoms. The Morgan fingerprint density at radius 1 is 0.682 bits per heavy atom. The van der Waals surface area contributed by atoms with Crippen molar-refractivity contribution in [1.29, 1.82) is 5.26 Å². The molecule has 8 heterocycles. The number of likely N-dealkylation sites (tertiary alicyclic amines) is 2. The van der Waals surface area contributed by atoms with E-state index >= 15 is 13.2 Å². The number of piperidine rings is 2. The van der Waals surface area contributed by atoms with Crippen molar-refractivity contribution in [3.63, 3.8) is 0 Å². The third kappa shape index (κ3) is 11.9. The monoisotopic (exact) mass is 1290 g/mol. The molecule has 4 fully saturated rings. The maximum atomic E-state index is 17.5. The zero-order chi connectivity index (χ0) is 60.8. The lowest BCUT2D eigenvalue weighted by molar-refractivity contribution is 0.0119. The number of hydrogen-bond donors (Lipinski definition) is 1. The first kappa shape index (κ1) is 61.1. The van der Waals surface area contributed by atoms with Crippen molar-refractivity contribution in [2.75, 3.05) is 43.0 Å². The second kappa shape index (κ2) is 23.5. The molecule has 452 valence electrons. The molecule has 17 nitrogen and oxygen atoms in total. The number of amides is 3. The lowest BCUT2D eigenvalue weighted by Gasteiger charge is -2.38. The summed E-state index contributed by atoms with van der Waals surface area (Å²) in [6.45, 7) is 23.7. The van der Waals surface area contributed by atoms with Crippen molar-refractivity contribution in [1.82, 2.24) is 34.7 Å². The van der Waals surface area contributed by atoms with Crippen LogP contribution >= 0.6 is 50.8 Å². The molecular formula is C61H69BrF3N9O8S3. The molecule has 4 atom stereocenters. The van der Waals surface area contributed by atoms with Gasteiger partial charge in [0.05, 0.1) is 64.4 Å². The predicted molar refractivity (Wildman–Crippen MR) is 323 cm³/mol. The van der Waals surface area contributed by atoms with Crippen LogP contribution in [0.4, 0.5) is 32.6 Å². The van der Waals surface area contributed by atoms with Gasteiger partial charge in [-0.25, -0.2) is 47.5 Å². The number of benzene rings is 2. The number of nitriles is 1. The second-order valence-corrected chi connectivity index (χ2v) is 29.8. The van der Waals surface area contributed by atoms with E-state index in [0.29, 0.717) is 76.4 Å². The van der Waals surface area contributed by atoms with Crippen LogP contribution in [0, 0.1) is 52.5 Å². The van der Waals surface area contributed by atoms with E-state index in [2.05, 4.69) is 37.3 Å². The molecule has 4 aliphatic heterocycles. The van der Waals surface area contributed by atoms with Crippen LogP contribution in [0.2, 0.25) is 0 Å². The molecule has 2 saturated heterocycles. The zero-order valence-corrected chi connectivity index (χ0v) is 53.6. The number of fused-ring (bicyclic) bond motifs is 11. The van der Waals surface area contributed by atoms with E-state index in [9.17, 15) is 19.6 Å². The molecule has 24 heteroatoms. The number of nitrogens with zero attached hydrogens (tertiary/aromatic N) is 8. The lowest BCUT2D eigenvalue weighted by atomic mass is 9.80. The second-order valence-electron chi connectivity index (χ2n) is 25.5. The van der Waals surface area contributed by atoms with Crippen molar-refractivity contribution in [3.05, 3.63) is 67.3 Å². The Kier molecular flexibility index (Phi) is 16.9. The SMILES string of the molecule is CCSc1nc(C2C3CCC2CN(C(=O)OC(C)(C)C)C3)c2c3c(c(-c4ncc(F)c5sc(NC(=O)OC(C)(C)C)c(C#N)c45)c(F)c2n1)COC3.CCSc1nc(C2C3CCC2CN(C(=O)OC(C)(C)C)C3)c2c3c(c(Br)c(F)c2n1)COC3. The molecule has 2 aromatic carbocycles. The Hall–Kier alpha value is -5.58. The van der Waals surface area contributed by atoms with E-state index in [-0.39, 0.29) is 104 Å². The normalized spacial score (nSPS) is 21.7. The van der Waals surface area contributed by atoms with Gasteiger partial charge in [0.1, 0.15) is 38.9 Å². The molecule has 4 aromatic heterocycles. The molecule has 85 heavy (non-hydrogen) atoms. The van der Waals surface area contributed by atoms with Gasteiger partial charge in [-0.1, -0.05) is 37.4 Å². The van der Waals surface area contributed by atoms with Crippen LogP contribution in [0.1, 0.15) is 153 Å². The minimum atomic E-state index is -0.815. The van der Waals surface area contributed by atoms with Gasteiger partial charge in [-0.05, 0) is 156 Å². The predicted octanol–water partition coefficient (Wildman–Crippen LogP) is 14.9. The van der Waals surface area contributed by atoms with Gasteiger partial charge in [0.2, 0.25) is 0 Å². The summed E-state index contributed by atoms with van der Waals surface area (Å²) < 4.78 is 77.3. The van der Waals surface area contributed by atoms with E-state index in [0.717, 1.165) is 82.4 Å². The van der Waals surface area contributed by atoms with E-state index < -0.39 is 34.5 Å². The van der Waals surface area contributed by atoms with Gasteiger partial charge in [0, 0.05) is 65.3 Å². The fourth-order valence-corrected chi connectivity index (χ4v) is 16.0. The number of anilines is 1. The number of carbonyl (C=O) groups excluding carboxylic acids is 3. The molecule has 4 unspecified atom stereocenters. The van der Waals surface area contributed by atoms with E-state index in [4.69, 9.17) is 38.6 Å². The average Bonchev–Trinajstić information content (AvgIpc) is 1.86. The number of rotatable bonds is 8. The van der Waals surface area contributed by atoms with Crippen LogP contribution in [0.15, 0.2) is 21.0 Å². The van der Waals surface area contributed by atoms with Gasteiger partial charge in [-0.3, -0.25) is 10.3 Å². The first-order chi connectivity index (χ1) is 40.3. The molecule has 2 saturated carbocycles. The molecule has 12 rings (SSSR count). The Morgan fingerprint density at radius 2 is 1.13 bits per heavy atom. The number of halogens is 4. The van der Waals surface area contributed by atoms with Crippen LogP contribution < -0.4 is 5.32 Å². The highest BCUT2D eigenvalue weighted by Crippen LogP contribution is 2.54.